The maximum absolute atomic E-state index is 12.2. The molecule has 0 radical (unpaired) electrons. The molecule has 0 aliphatic heterocycles. The zero-order valence-corrected chi connectivity index (χ0v) is 11.5. The highest BCUT2D eigenvalue weighted by Gasteiger charge is 2.17. The van der Waals surface area contributed by atoms with Gasteiger partial charge < -0.3 is 15.6 Å². The van der Waals surface area contributed by atoms with Gasteiger partial charge in [0.2, 0.25) is 5.91 Å². The lowest BCUT2D eigenvalue weighted by Crippen LogP contribution is -2.24. The van der Waals surface area contributed by atoms with Gasteiger partial charge in [0.05, 0.1) is 10.7 Å². The maximum Gasteiger partial charge on any atom is 0.247 e. The molecule has 1 aromatic carbocycles. The normalized spacial score (nSPS) is 12.2. The molecule has 2 rings (SSSR count). The maximum atomic E-state index is 12.2. The SMILES string of the molecule is Cc1nccn1C(C)C(=O)Nc1ccc(N)cc1Cl. The highest BCUT2D eigenvalue weighted by Crippen LogP contribution is 2.25. The van der Waals surface area contributed by atoms with Crippen LogP contribution in [0.5, 0.6) is 0 Å². The molecule has 1 atom stereocenters. The third-order valence-electron chi connectivity index (χ3n) is 2.91. The molecule has 5 nitrogen and oxygen atoms in total. The average molecular weight is 279 g/mol. The number of carbonyl (C=O) groups excluding carboxylic acids is 1. The fraction of sp³-hybridized carbons (Fsp3) is 0.231. The molecule has 1 amide bonds. The molecule has 2 aromatic rings. The van der Waals surface area contributed by atoms with Crippen molar-refractivity contribution in [3.8, 4) is 0 Å². The first kappa shape index (κ1) is 13.4. The number of aromatic nitrogens is 2. The molecule has 0 aliphatic rings. The lowest BCUT2D eigenvalue weighted by molar-refractivity contribution is -0.118. The summed E-state index contributed by atoms with van der Waals surface area (Å²) in [6.45, 7) is 3.65. The van der Waals surface area contributed by atoms with Crippen molar-refractivity contribution in [3.05, 3.63) is 41.4 Å². The summed E-state index contributed by atoms with van der Waals surface area (Å²) in [7, 11) is 0. The van der Waals surface area contributed by atoms with Gasteiger partial charge in [0.15, 0.2) is 0 Å². The Kier molecular flexibility index (Phi) is 3.76. The monoisotopic (exact) mass is 278 g/mol. The molecule has 0 bridgehead atoms. The van der Waals surface area contributed by atoms with Crippen molar-refractivity contribution in [2.75, 3.05) is 11.1 Å². The van der Waals surface area contributed by atoms with E-state index in [-0.39, 0.29) is 11.9 Å². The standard InChI is InChI=1S/C13H15ClN4O/c1-8(18-6-5-16-9(18)2)13(19)17-12-4-3-10(15)7-11(12)14/h3-8H,15H2,1-2H3,(H,17,19). The molecule has 0 spiro atoms. The van der Waals surface area contributed by atoms with Gasteiger partial charge in [0, 0.05) is 18.1 Å². The van der Waals surface area contributed by atoms with Crippen molar-refractivity contribution in [3.63, 3.8) is 0 Å². The van der Waals surface area contributed by atoms with E-state index in [1.807, 2.05) is 6.92 Å². The van der Waals surface area contributed by atoms with E-state index in [9.17, 15) is 4.79 Å². The number of nitrogens with one attached hydrogen (secondary N) is 1. The summed E-state index contributed by atoms with van der Waals surface area (Å²) in [6, 6.07) is 4.61. The minimum Gasteiger partial charge on any atom is -0.399 e. The number of hydrogen-bond donors (Lipinski definition) is 2. The molecule has 1 aromatic heterocycles. The summed E-state index contributed by atoms with van der Waals surface area (Å²) in [6.07, 6.45) is 3.43. The van der Waals surface area contributed by atoms with Crippen LogP contribution in [0.3, 0.4) is 0 Å². The van der Waals surface area contributed by atoms with Crippen molar-refractivity contribution in [2.45, 2.75) is 19.9 Å². The van der Waals surface area contributed by atoms with Gasteiger partial charge in [0.25, 0.3) is 0 Å². The van der Waals surface area contributed by atoms with Crippen LogP contribution in [0.2, 0.25) is 5.02 Å². The Bertz CT molecular complexity index is 608. The number of rotatable bonds is 3. The van der Waals surface area contributed by atoms with Crippen LogP contribution in [0.1, 0.15) is 18.8 Å². The number of amides is 1. The van der Waals surface area contributed by atoms with Crippen molar-refractivity contribution in [1.29, 1.82) is 0 Å². The lowest BCUT2D eigenvalue weighted by Gasteiger charge is -2.15. The van der Waals surface area contributed by atoms with Gasteiger partial charge in [-0.2, -0.15) is 0 Å². The Morgan fingerprint density at radius 2 is 2.26 bits per heavy atom. The van der Waals surface area contributed by atoms with E-state index in [1.165, 1.54) is 0 Å². The predicted molar refractivity (Wildman–Crippen MR) is 76.2 cm³/mol. The van der Waals surface area contributed by atoms with E-state index in [2.05, 4.69) is 10.3 Å². The summed E-state index contributed by atoms with van der Waals surface area (Å²) in [5, 5.41) is 3.20. The average Bonchev–Trinajstić information content (AvgIpc) is 2.78. The van der Waals surface area contributed by atoms with E-state index in [0.717, 1.165) is 5.82 Å². The van der Waals surface area contributed by atoms with E-state index < -0.39 is 0 Å². The smallest absolute Gasteiger partial charge is 0.247 e. The topological polar surface area (TPSA) is 72.9 Å². The summed E-state index contributed by atoms with van der Waals surface area (Å²) >= 11 is 6.02. The van der Waals surface area contributed by atoms with Crippen LogP contribution in [0.25, 0.3) is 0 Å². The number of carbonyl (C=O) groups is 1. The van der Waals surface area contributed by atoms with Crippen LogP contribution in [-0.2, 0) is 4.79 Å². The van der Waals surface area contributed by atoms with E-state index in [4.69, 9.17) is 17.3 Å². The summed E-state index contributed by atoms with van der Waals surface area (Å²) in [5.41, 5.74) is 6.71. The fourth-order valence-corrected chi connectivity index (χ4v) is 2.03. The second-order valence-corrected chi connectivity index (χ2v) is 4.69. The minimum absolute atomic E-state index is 0.159. The quantitative estimate of drug-likeness (QED) is 0.848. The van der Waals surface area contributed by atoms with Crippen molar-refractivity contribution >= 4 is 28.9 Å². The van der Waals surface area contributed by atoms with E-state index >= 15 is 0 Å². The van der Waals surface area contributed by atoms with Gasteiger partial charge >= 0.3 is 0 Å². The molecular weight excluding hydrogens is 264 g/mol. The third-order valence-corrected chi connectivity index (χ3v) is 3.22. The third kappa shape index (κ3) is 2.88. The van der Waals surface area contributed by atoms with Crippen LogP contribution in [-0.4, -0.2) is 15.5 Å². The molecular formula is C13H15ClN4O. The summed E-state index contributed by atoms with van der Waals surface area (Å²) < 4.78 is 1.79. The van der Waals surface area contributed by atoms with Crippen molar-refractivity contribution in [2.24, 2.45) is 0 Å². The lowest BCUT2D eigenvalue weighted by atomic mass is 10.2. The molecule has 100 valence electrons. The Balaban J connectivity index is 2.15. The van der Waals surface area contributed by atoms with Gasteiger partial charge in [-0.1, -0.05) is 11.6 Å². The highest BCUT2D eigenvalue weighted by molar-refractivity contribution is 6.34. The summed E-state index contributed by atoms with van der Waals surface area (Å²) in [4.78, 5) is 16.2. The second kappa shape index (κ2) is 5.32. The van der Waals surface area contributed by atoms with Gasteiger partial charge in [-0.05, 0) is 32.0 Å². The number of halogens is 1. The van der Waals surface area contributed by atoms with Crippen LogP contribution in [0, 0.1) is 6.92 Å². The van der Waals surface area contributed by atoms with Crippen molar-refractivity contribution < 1.29 is 4.79 Å². The Labute approximate surface area is 116 Å². The number of imidazole rings is 1. The first-order chi connectivity index (χ1) is 8.99. The van der Waals surface area contributed by atoms with E-state index in [1.54, 1.807) is 42.1 Å². The fourth-order valence-electron chi connectivity index (χ4n) is 1.79. The van der Waals surface area contributed by atoms with Gasteiger partial charge in [-0.15, -0.1) is 0 Å². The number of nitrogen functional groups attached to an aromatic ring is 1. The highest BCUT2D eigenvalue weighted by atomic mass is 35.5. The number of nitrogens with two attached hydrogens (primary N) is 1. The molecule has 19 heavy (non-hydrogen) atoms. The second-order valence-electron chi connectivity index (χ2n) is 4.29. The molecule has 1 unspecified atom stereocenters. The molecule has 6 heteroatoms. The largest absolute Gasteiger partial charge is 0.399 e. The number of aryl methyl sites for hydroxylation is 1. The molecule has 0 saturated heterocycles. The number of benzene rings is 1. The number of anilines is 2. The Morgan fingerprint density at radius 1 is 1.53 bits per heavy atom. The van der Waals surface area contributed by atoms with Crippen LogP contribution in [0.4, 0.5) is 11.4 Å². The zero-order chi connectivity index (χ0) is 14.0. The zero-order valence-electron chi connectivity index (χ0n) is 10.7. The van der Waals surface area contributed by atoms with Crippen molar-refractivity contribution in [1.82, 2.24) is 9.55 Å². The Morgan fingerprint density at radius 3 is 2.84 bits per heavy atom. The Hall–Kier alpha value is -2.01. The van der Waals surface area contributed by atoms with E-state index in [0.29, 0.717) is 16.4 Å². The molecule has 0 saturated carbocycles. The summed E-state index contributed by atoms with van der Waals surface area (Å²) in [5.74, 6) is 0.624. The first-order valence-electron chi connectivity index (χ1n) is 5.84. The minimum atomic E-state index is -0.365. The number of hydrogen-bond acceptors (Lipinski definition) is 3. The molecule has 0 fully saturated rings. The van der Waals surface area contributed by atoms with Crippen LogP contribution < -0.4 is 11.1 Å². The van der Waals surface area contributed by atoms with Crippen LogP contribution >= 0.6 is 11.6 Å². The van der Waals surface area contributed by atoms with Gasteiger partial charge in [0.1, 0.15) is 11.9 Å². The molecule has 1 heterocycles. The molecule has 3 N–H and O–H groups in total. The van der Waals surface area contributed by atoms with Crippen LogP contribution in [0.15, 0.2) is 30.6 Å². The predicted octanol–water partition coefficient (Wildman–Crippen LogP) is 2.63. The molecule has 0 aliphatic carbocycles. The van der Waals surface area contributed by atoms with Gasteiger partial charge in [-0.3, -0.25) is 4.79 Å². The number of nitrogens with zero attached hydrogens (tertiary/aromatic N) is 2. The van der Waals surface area contributed by atoms with Gasteiger partial charge in [-0.25, -0.2) is 4.98 Å². The first-order valence-corrected chi connectivity index (χ1v) is 6.22.